The van der Waals surface area contributed by atoms with Gasteiger partial charge in [0.25, 0.3) is 0 Å². The van der Waals surface area contributed by atoms with Crippen LogP contribution in [-0.4, -0.2) is 30.2 Å². The van der Waals surface area contributed by atoms with Gasteiger partial charge in [-0.05, 0) is 17.7 Å². The first-order valence-corrected chi connectivity index (χ1v) is 8.25. The summed E-state index contributed by atoms with van der Waals surface area (Å²) < 4.78 is 24.8. The molecule has 4 nitrogen and oxygen atoms in total. The number of nitrogens with zero attached hydrogens (tertiary/aromatic N) is 2. The maximum atomic E-state index is 11.1. The molecule has 0 fully saturated rings. The smallest absolute Gasteiger partial charge is 0.149 e. The van der Waals surface area contributed by atoms with Gasteiger partial charge < -0.3 is 0 Å². The molecule has 0 saturated heterocycles. The van der Waals surface area contributed by atoms with E-state index in [-0.39, 0.29) is 5.75 Å². The molecule has 0 radical (unpaired) electrons. The fourth-order valence-corrected chi connectivity index (χ4v) is 2.32. The molecule has 0 aliphatic rings. The van der Waals surface area contributed by atoms with Crippen molar-refractivity contribution in [3.63, 3.8) is 0 Å². The van der Waals surface area contributed by atoms with Crippen LogP contribution in [0.4, 0.5) is 0 Å². The lowest BCUT2D eigenvalue weighted by molar-refractivity contribution is 0.586. The summed E-state index contributed by atoms with van der Waals surface area (Å²) in [6.45, 7) is 0.384. The molecule has 0 spiro atoms. The molecule has 2 aromatic rings. The van der Waals surface area contributed by atoms with E-state index in [1.165, 1.54) is 6.26 Å². The lowest BCUT2D eigenvalue weighted by Crippen LogP contribution is -2.11. The molecule has 0 unspecified atom stereocenters. The molecule has 0 atom stereocenters. The van der Waals surface area contributed by atoms with Gasteiger partial charge in [-0.1, -0.05) is 28.1 Å². The van der Waals surface area contributed by atoms with Crippen LogP contribution in [0.25, 0.3) is 11.1 Å². The third kappa shape index (κ3) is 3.68. The van der Waals surface area contributed by atoms with Crippen LogP contribution in [0.1, 0.15) is 0 Å². The summed E-state index contributed by atoms with van der Waals surface area (Å²) in [5, 5.41) is 4.16. The Kier molecular flexibility index (Phi) is 3.87. The molecule has 2 rings (SSSR count). The van der Waals surface area contributed by atoms with Gasteiger partial charge in [0.1, 0.15) is 9.84 Å². The van der Waals surface area contributed by atoms with Crippen molar-refractivity contribution in [2.45, 2.75) is 6.54 Å². The van der Waals surface area contributed by atoms with E-state index in [0.717, 1.165) is 15.6 Å². The van der Waals surface area contributed by atoms with Crippen molar-refractivity contribution in [1.29, 1.82) is 0 Å². The highest BCUT2D eigenvalue weighted by molar-refractivity contribution is 9.10. The average Bonchev–Trinajstić information content (AvgIpc) is 2.75. The largest absolute Gasteiger partial charge is 0.271 e. The highest BCUT2D eigenvalue weighted by atomic mass is 79.9. The summed E-state index contributed by atoms with van der Waals surface area (Å²) in [6.07, 6.45) is 4.83. The van der Waals surface area contributed by atoms with Crippen molar-refractivity contribution in [1.82, 2.24) is 9.78 Å². The molecular weight excluding hydrogens is 316 g/mol. The Hall–Kier alpha value is -1.14. The molecule has 1 aromatic carbocycles. The molecule has 0 bridgehead atoms. The Morgan fingerprint density at radius 1 is 1.22 bits per heavy atom. The monoisotopic (exact) mass is 328 g/mol. The number of aryl methyl sites for hydroxylation is 1. The summed E-state index contributed by atoms with van der Waals surface area (Å²) in [5.41, 5.74) is 2.04. The van der Waals surface area contributed by atoms with E-state index in [4.69, 9.17) is 0 Å². The number of hydrogen-bond donors (Lipinski definition) is 0. The van der Waals surface area contributed by atoms with Crippen LogP contribution in [0.5, 0.6) is 0 Å². The van der Waals surface area contributed by atoms with Crippen LogP contribution >= 0.6 is 15.9 Å². The predicted octanol–water partition coefficient (Wildman–Crippen LogP) is 2.36. The minimum atomic E-state index is -2.95. The van der Waals surface area contributed by atoms with Crippen molar-refractivity contribution in [2.24, 2.45) is 0 Å². The first kappa shape index (κ1) is 13.3. The number of hydrogen-bond acceptors (Lipinski definition) is 3. The molecule has 0 amide bonds. The normalized spacial score (nSPS) is 11.7. The first-order valence-electron chi connectivity index (χ1n) is 5.40. The average molecular weight is 329 g/mol. The highest BCUT2D eigenvalue weighted by Crippen LogP contribution is 2.20. The summed E-state index contributed by atoms with van der Waals surface area (Å²) in [5.74, 6) is 0.106. The quantitative estimate of drug-likeness (QED) is 0.865. The first-order chi connectivity index (χ1) is 8.44. The molecule has 6 heteroatoms. The number of benzene rings is 1. The Morgan fingerprint density at radius 3 is 2.50 bits per heavy atom. The third-order valence-electron chi connectivity index (χ3n) is 2.50. The van der Waals surface area contributed by atoms with Crippen molar-refractivity contribution < 1.29 is 8.42 Å². The lowest BCUT2D eigenvalue weighted by Gasteiger charge is -1.99. The van der Waals surface area contributed by atoms with Gasteiger partial charge >= 0.3 is 0 Å². The topological polar surface area (TPSA) is 52.0 Å². The van der Waals surface area contributed by atoms with Gasteiger partial charge in [-0.3, -0.25) is 4.68 Å². The van der Waals surface area contributed by atoms with Gasteiger partial charge in [-0.25, -0.2) is 8.42 Å². The zero-order valence-corrected chi connectivity index (χ0v) is 12.3. The van der Waals surface area contributed by atoms with Gasteiger partial charge in [-0.15, -0.1) is 0 Å². The summed E-state index contributed by atoms with van der Waals surface area (Å²) >= 11 is 3.38. The fraction of sp³-hybridized carbons (Fsp3) is 0.250. The van der Waals surface area contributed by atoms with Crippen LogP contribution in [0.15, 0.2) is 41.1 Å². The second-order valence-corrected chi connectivity index (χ2v) is 7.30. The van der Waals surface area contributed by atoms with Gasteiger partial charge in [0.2, 0.25) is 0 Å². The molecule has 1 aromatic heterocycles. The number of sulfone groups is 1. The summed E-state index contributed by atoms with van der Waals surface area (Å²) in [7, 11) is -2.95. The van der Waals surface area contributed by atoms with Crippen molar-refractivity contribution >= 4 is 25.8 Å². The Morgan fingerprint density at radius 2 is 1.89 bits per heavy atom. The van der Waals surface area contributed by atoms with E-state index in [0.29, 0.717) is 6.54 Å². The standard InChI is InChI=1S/C12H13BrN2O2S/c1-18(16,17)7-6-15-9-11(8-14-15)10-2-4-12(13)5-3-10/h2-5,8-9H,6-7H2,1H3. The maximum absolute atomic E-state index is 11.1. The maximum Gasteiger partial charge on any atom is 0.149 e. The van der Waals surface area contributed by atoms with Gasteiger partial charge in [0.15, 0.2) is 0 Å². The molecule has 18 heavy (non-hydrogen) atoms. The molecule has 0 aliphatic carbocycles. The number of rotatable bonds is 4. The van der Waals surface area contributed by atoms with Crippen molar-refractivity contribution in [2.75, 3.05) is 12.0 Å². The molecule has 0 N–H and O–H groups in total. The Labute approximate surface area is 115 Å². The zero-order valence-electron chi connectivity index (χ0n) is 9.88. The van der Waals surface area contributed by atoms with Crippen LogP contribution < -0.4 is 0 Å². The van der Waals surface area contributed by atoms with E-state index in [9.17, 15) is 8.42 Å². The third-order valence-corrected chi connectivity index (χ3v) is 3.95. The van der Waals surface area contributed by atoms with E-state index in [1.54, 1.807) is 10.9 Å². The molecule has 1 heterocycles. The highest BCUT2D eigenvalue weighted by Gasteiger charge is 2.05. The molecule has 96 valence electrons. The van der Waals surface area contributed by atoms with E-state index in [1.807, 2.05) is 30.5 Å². The van der Waals surface area contributed by atoms with Gasteiger partial charge in [-0.2, -0.15) is 5.10 Å². The number of aromatic nitrogens is 2. The van der Waals surface area contributed by atoms with Crippen LogP contribution in [0.3, 0.4) is 0 Å². The van der Waals surface area contributed by atoms with Crippen molar-refractivity contribution in [3.05, 3.63) is 41.1 Å². The fourth-order valence-electron chi connectivity index (χ4n) is 1.54. The van der Waals surface area contributed by atoms with E-state index >= 15 is 0 Å². The Balaban J connectivity index is 2.13. The van der Waals surface area contributed by atoms with E-state index < -0.39 is 9.84 Å². The van der Waals surface area contributed by atoms with E-state index in [2.05, 4.69) is 21.0 Å². The molecular formula is C12H13BrN2O2S. The van der Waals surface area contributed by atoms with Crippen molar-refractivity contribution in [3.8, 4) is 11.1 Å². The molecule has 0 aliphatic heterocycles. The minimum absolute atomic E-state index is 0.106. The minimum Gasteiger partial charge on any atom is -0.271 e. The predicted molar refractivity (Wildman–Crippen MR) is 75.1 cm³/mol. The SMILES string of the molecule is CS(=O)(=O)CCn1cc(-c2ccc(Br)cc2)cn1. The number of halogens is 1. The Bertz CT molecular complexity index is 632. The van der Waals surface area contributed by atoms with Gasteiger partial charge in [0.05, 0.1) is 18.5 Å². The van der Waals surface area contributed by atoms with Crippen LogP contribution in [-0.2, 0) is 16.4 Å². The second kappa shape index (κ2) is 5.24. The van der Waals surface area contributed by atoms with Gasteiger partial charge in [0, 0.05) is 22.5 Å². The van der Waals surface area contributed by atoms with Crippen LogP contribution in [0, 0.1) is 0 Å². The molecule has 0 saturated carbocycles. The zero-order chi connectivity index (χ0) is 13.2. The van der Waals surface area contributed by atoms with Crippen LogP contribution in [0.2, 0.25) is 0 Å². The lowest BCUT2D eigenvalue weighted by atomic mass is 10.1. The summed E-state index contributed by atoms with van der Waals surface area (Å²) in [6, 6.07) is 7.90. The second-order valence-electron chi connectivity index (χ2n) is 4.13. The summed E-state index contributed by atoms with van der Waals surface area (Å²) in [4.78, 5) is 0.